The van der Waals surface area contributed by atoms with E-state index < -0.39 is 22.5 Å². The molecule has 2 aromatic carbocycles. The van der Waals surface area contributed by atoms with Crippen molar-refractivity contribution in [1.82, 2.24) is 4.57 Å². The second-order valence-electron chi connectivity index (χ2n) is 5.35. The van der Waals surface area contributed by atoms with Gasteiger partial charge >= 0.3 is 5.76 Å². The number of hydrogen-bond acceptors (Lipinski definition) is 6. The van der Waals surface area contributed by atoms with E-state index in [0.29, 0.717) is 11.3 Å². The van der Waals surface area contributed by atoms with Crippen molar-refractivity contribution in [3.63, 3.8) is 0 Å². The van der Waals surface area contributed by atoms with Crippen molar-refractivity contribution in [2.45, 2.75) is 6.54 Å². The Morgan fingerprint density at radius 2 is 1.88 bits per heavy atom. The maximum atomic E-state index is 12.2. The van der Waals surface area contributed by atoms with Crippen LogP contribution in [0.3, 0.4) is 0 Å². The van der Waals surface area contributed by atoms with E-state index in [1.807, 2.05) is 0 Å². The second-order valence-corrected chi connectivity index (χ2v) is 5.35. The number of carbonyl (C=O) groups is 2. The maximum absolute atomic E-state index is 12.2. The number of non-ortho nitro benzene ring substituents is 1. The average Bonchev–Trinajstić information content (AvgIpc) is 2.90. The van der Waals surface area contributed by atoms with Gasteiger partial charge in [0.1, 0.15) is 6.54 Å². The zero-order chi connectivity index (χ0) is 18.8. The molecule has 3 aromatic rings. The largest absolute Gasteiger partial charge is 0.420 e. The van der Waals surface area contributed by atoms with E-state index >= 15 is 0 Å². The number of amides is 2. The monoisotopic (exact) mass is 356 g/mol. The normalized spacial score (nSPS) is 10.6. The van der Waals surface area contributed by atoms with Crippen molar-refractivity contribution in [1.29, 1.82) is 0 Å². The molecule has 0 spiro atoms. The number of hydrogen-bond donors (Lipinski definition) is 2. The van der Waals surface area contributed by atoms with E-state index in [0.717, 1.165) is 10.6 Å². The van der Waals surface area contributed by atoms with Crippen LogP contribution >= 0.6 is 0 Å². The van der Waals surface area contributed by atoms with Crippen molar-refractivity contribution in [3.8, 4) is 0 Å². The average molecular weight is 356 g/mol. The minimum absolute atomic E-state index is 0.0165. The Balaban J connectivity index is 1.80. The van der Waals surface area contributed by atoms with Crippen molar-refractivity contribution >= 4 is 34.3 Å². The van der Waals surface area contributed by atoms with Crippen LogP contribution in [0.15, 0.2) is 51.7 Å². The number of nitrogens with one attached hydrogen (secondary N) is 1. The van der Waals surface area contributed by atoms with Gasteiger partial charge in [-0.25, -0.2) is 4.79 Å². The zero-order valence-electron chi connectivity index (χ0n) is 13.2. The van der Waals surface area contributed by atoms with Crippen molar-refractivity contribution in [2.24, 2.45) is 5.73 Å². The summed E-state index contributed by atoms with van der Waals surface area (Å²) in [6.07, 6.45) is 0. The first-order chi connectivity index (χ1) is 12.3. The highest BCUT2D eigenvalue weighted by molar-refractivity contribution is 5.95. The van der Waals surface area contributed by atoms with Gasteiger partial charge in [-0.1, -0.05) is 0 Å². The van der Waals surface area contributed by atoms with Crippen molar-refractivity contribution in [3.05, 3.63) is 68.7 Å². The van der Waals surface area contributed by atoms with E-state index in [1.165, 1.54) is 36.4 Å². The number of carbonyl (C=O) groups excluding carboxylic acids is 2. The predicted octanol–water partition coefficient (Wildman–Crippen LogP) is 1.24. The predicted molar refractivity (Wildman–Crippen MR) is 90.7 cm³/mol. The van der Waals surface area contributed by atoms with Crippen LogP contribution in [-0.4, -0.2) is 21.3 Å². The fourth-order valence-corrected chi connectivity index (χ4v) is 2.38. The highest BCUT2D eigenvalue weighted by Gasteiger charge is 2.16. The molecule has 132 valence electrons. The maximum Gasteiger partial charge on any atom is 0.420 e. The van der Waals surface area contributed by atoms with Gasteiger partial charge in [0.25, 0.3) is 5.69 Å². The zero-order valence-corrected chi connectivity index (χ0v) is 13.2. The molecule has 10 heteroatoms. The van der Waals surface area contributed by atoms with Gasteiger partial charge in [-0.05, 0) is 30.3 Å². The number of nitro benzene ring substituents is 1. The quantitative estimate of drug-likeness (QED) is 0.518. The lowest BCUT2D eigenvalue weighted by atomic mass is 10.2. The van der Waals surface area contributed by atoms with E-state index in [4.69, 9.17) is 10.2 Å². The molecule has 0 aliphatic heterocycles. The van der Waals surface area contributed by atoms with Crippen LogP contribution in [0.2, 0.25) is 0 Å². The summed E-state index contributed by atoms with van der Waals surface area (Å²) in [7, 11) is 0. The summed E-state index contributed by atoms with van der Waals surface area (Å²) in [6, 6.07) is 9.58. The molecule has 26 heavy (non-hydrogen) atoms. The van der Waals surface area contributed by atoms with Gasteiger partial charge in [0.2, 0.25) is 11.8 Å². The molecule has 0 unspecified atom stereocenters. The van der Waals surface area contributed by atoms with Gasteiger partial charge in [0, 0.05) is 17.3 Å². The lowest BCUT2D eigenvalue weighted by molar-refractivity contribution is -0.384. The topological polar surface area (TPSA) is 150 Å². The number of nitrogens with two attached hydrogens (primary N) is 1. The molecule has 0 aliphatic rings. The van der Waals surface area contributed by atoms with E-state index in [1.54, 1.807) is 0 Å². The standard InChI is InChI=1S/C16H12N4O6/c17-15(22)9-1-3-10(4-2-9)18-14(21)8-19-12-6-5-11(20(24)25)7-13(12)26-16(19)23/h1-7H,8H2,(H2,17,22)(H,18,21). The van der Waals surface area contributed by atoms with Crippen LogP contribution < -0.4 is 16.8 Å². The molecule has 0 radical (unpaired) electrons. The fraction of sp³-hybridized carbons (Fsp3) is 0.0625. The number of rotatable bonds is 5. The molecule has 0 saturated heterocycles. The number of benzene rings is 2. The molecule has 3 rings (SSSR count). The summed E-state index contributed by atoms with van der Waals surface area (Å²) >= 11 is 0. The molecular weight excluding hydrogens is 344 g/mol. The van der Waals surface area contributed by atoms with Crippen LogP contribution in [0.25, 0.3) is 11.1 Å². The highest BCUT2D eigenvalue weighted by atomic mass is 16.6. The van der Waals surface area contributed by atoms with Gasteiger partial charge in [-0.2, -0.15) is 0 Å². The molecule has 0 fully saturated rings. The first-order valence-corrected chi connectivity index (χ1v) is 7.32. The molecular formula is C16H12N4O6. The number of anilines is 1. The molecule has 1 aromatic heterocycles. The Hall–Kier alpha value is -3.95. The number of primary amides is 1. The first kappa shape index (κ1) is 16.9. The van der Waals surface area contributed by atoms with Gasteiger partial charge in [0.05, 0.1) is 16.5 Å². The number of oxazole rings is 1. The molecule has 2 amide bonds. The Kier molecular flexibility index (Phi) is 4.23. The van der Waals surface area contributed by atoms with Crippen LogP contribution in [-0.2, 0) is 11.3 Å². The van der Waals surface area contributed by atoms with Crippen LogP contribution in [0, 0.1) is 10.1 Å². The molecule has 10 nitrogen and oxygen atoms in total. The summed E-state index contributed by atoms with van der Waals surface area (Å²) < 4.78 is 6.02. The van der Waals surface area contributed by atoms with Gasteiger partial charge in [-0.3, -0.25) is 24.3 Å². The van der Waals surface area contributed by atoms with Gasteiger partial charge in [-0.15, -0.1) is 0 Å². The summed E-state index contributed by atoms with van der Waals surface area (Å²) in [6.45, 7) is -0.346. The molecule has 1 heterocycles. The first-order valence-electron chi connectivity index (χ1n) is 7.32. The van der Waals surface area contributed by atoms with Crippen LogP contribution in [0.1, 0.15) is 10.4 Å². The third-order valence-corrected chi connectivity index (χ3v) is 3.62. The van der Waals surface area contributed by atoms with Crippen molar-refractivity contribution < 1.29 is 18.9 Å². The molecule has 0 aliphatic carbocycles. The summed E-state index contributed by atoms with van der Waals surface area (Å²) in [5.74, 6) is -1.91. The third kappa shape index (κ3) is 3.29. The Bertz CT molecular complexity index is 1080. The molecule has 0 saturated carbocycles. The Morgan fingerprint density at radius 1 is 1.19 bits per heavy atom. The lowest BCUT2D eigenvalue weighted by Crippen LogP contribution is -2.24. The minimum atomic E-state index is -0.806. The number of nitro groups is 1. The third-order valence-electron chi connectivity index (χ3n) is 3.62. The number of nitrogens with zero attached hydrogens (tertiary/aromatic N) is 2. The number of fused-ring (bicyclic) bond motifs is 1. The van der Waals surface area contributed by atoms with Gasteiger partial charge in [0.15, 0.2) is 5.58 Å². The second kappa shape index (κ2) is 6.51. The van der Waals surface area contributed by atoms with Crippen LogP contribution in [0.4, 0.5) is 11.4 Å². The summed E-state index contributed by atoms with van der Waals surface area (Å²) in [5.41, 5.74) is 5.90. The summed E-state index contributed by atoms with van der Waals surface area (Å²) in [5, 5.41) is 13.3. The SMILES string of the molecule is NC(=O)c1ccc(NC(=O)Cn2c(=O)oc3cc([N+](=O)[O-])ccc32)cc1. The van der Waals surface area contributed by atoms with E-state index in [2.05, 4.69) is 5.32 Å². The smallest absolute Gasteiger partial charge is 0.407 e. The Morgan fingerprint density at radius 3 is 2.50 bits per heavy atom. The molecule has 0 bridgehead atoms. The molecule has 0 atom stereocenters. The number of aromatic nitrogens is 1. The fourth-order valence-electron chi connectivity index (χ4n) is 2.38. The molecule has 3 N–H and O–H groups in total. The summed E-state index contributed by atoms with van der Waals surface area (Å²) in [4.78, 5) is 45.3. The lowest BCUT2D eigenvalue weighted by Gasteiger charge is -2.06. The van der Waals surface area contributed by atoms with Crippen LogP contribution in [0.5, 0.6) is 0 Å². The highest BCUT2D eigenvalue weighted by Crippen LogP contribution is 2.20. The van der Waals surface area contributed by atoms with Gasteiger partial charge < -0.3 is 15.5 Å². The Labute approximate surface area is 145 Å². The minimum Gasteiger partial charge on any atom is -0.407 e. The van der Waals surface area contributed by atoms with Crippen molar-refractivity contribution in [2.75, 3.05) is 5.32 Å². The van der Waals surface area contributed by atoms with E-state index in [9.17, 15) is 24.5 Å². The van der Waals surface area contributed by atoms with E-state index in [-0.39, 0.29) is 23.3 Å².